The van der Waals surface area contributed by atoms with Gasteiger partial charge in [0, 0.05) is 30.2 Å². The molecule has 1 aromatic heterocycles. The van der Waals surface area contributed by atoms with Gasteiger partial charge in [-0.05, 0) is 49.6 Å². The Morgan fingerprint density at radius 1 is 1.35 bits per heavy atom. The summed E-state index contributed by atoms with van der Waals surface area (Å²) in [6, 6.07) is 13.1. The van der Waals surface area contributed by atoms with Crippen LogP contribution in [0.25, 0.3) is 0 Å². The highest BCUT2D eigenvalue weighted by atomic mass is 35.5. The van der Waals surface area contributed by atoms with E-state index in [-0.39, 0.29) is 11.3 Å². The molecule has 134 valence electrons. The molecule has 1 aliphatic rings. The number of aryl methyl sites for hydroxylation is 1. The van der Waals surface area contributed by atoms with Crippen LogP contribution in [0, 0.1) is 18.3 Å². The van der Waals surface area contributed by atoms with Gasteiger partial charge < -0.3 is 10.1 Å². The van der Waals surface area contributed by atoms with Gasteiger partial charge in [-0.15, -0.1) is 0 Å². The summed E-state index contributed by atoms with van der Waals surface area (Å²) in [5, 5.41) is 12.7. The summed E-state index contributed by atoms with van der Waals surface area (Å²) in [5.41, 5.74) is 2.24. The second-order valence-corrected chi connectivity index (χ2v) is 6.96. The minimum Gasteiger partial charge on any atom is -0.381 e. The Bertz CT molecular complexity index is 854. The molecule has 26 heavy (non-hydrogen) atoms. The van der Waals surface area contributed by atoms with Crippen LogP contribution in [0.4, 0.5) is 0 Å². The van der Waals surface area contributed by atoms with Gasteiger partial charge in [-0.2, -0.15) is 5.26 Å². The molecule has 0 atom stereocenters. The molecule has 1 amide bonds. The number of carbonyl (C=O) groups excluding carboxylic acids is 1. The lowest BCUT2D eigenvalue weighted by atomic mass is 9.74. The van der Waals surface area contributed by atoms with Crippen LogP contribution in [0.5, 0.6) is 0 Å². The second kappa shape index (κ2) is 7.86. The molecule has 1 aromatic carbocycles. The number of benzene rings is 1. The summed E-state index contributed by atoms with van der Waals surface area (Å²) >= 11 is 6.18. The van der Waals surface area contributed by atoms with Crippen molar-refractivity contribution in [2.24, 2.45) is 0 Å². The van der Waals surface area contributed by atoms with E-state index in [1.807, 2.05) is 24.3 Å². The Morgan fingerprint density at radius 3 is 2.77 bits per heavy atom. The quantitative estimate of drug-likeness (QED) is 0.896. The molecule has 5 nitrogen and oxygen atoms in total. The van der Waals surface area contributed by atoms with Crippen LogP contribution in [-0.4, -0.2) is 30.6 Å². The highest BCUT2D eigenvalue weighted by Gasteiger charge is 2.35. The van der Waals surface area contributed by atoms with E-state index in [2.05, 4.69) is 16.4 Å². The average molecular weight is 370 g/mol. The number of hydrogen-bond acceptors (Lipinski definition) is 4. The molecule has 0 radical (unpaired) electrons. The summed E-state index contributed by atoms with van der Waals surface area (Å²) < 4.78 is 5.52. The third kappa shape index (κ3) is 3.87. The van der Waals surface area contributed by atoms with E-state index in [0.717, 1.165) is 18.4 Å². The fraction of sp³-hybridized carbons (Fsp3) is 0.350. The van der Waals surface area contributed by atoms with Crippen molar-refractivity contribution in [2.45, 2.75) is 25.2 Å². The summed E-state index contributed by atoms with van der Waals surface area (Å²) in [5.74, 6) is -0.245. The standard InChI is InChI=1S/C20H20ClN3O2/c1-14-15(12-22)5-6-18(24-14)19(25)23-13-20(7-9-26-10-8-20)16-3-2-4-17(21)11-16/h2-6,11H,7-10,13H2,1H3,(H,23,25). The Kier molecular flexibility index (Phi) is 5.55. The lowest BCUT2D eigenvalue weighted by Crippen LogP contribution is -2.44. The van der Waals surface area contributed by atoms with Gasteiger partial charge in [0.25, 0.3) is 5.91 Å². The number of rotatable bonds is 4. The van der Waals surface area contributed by atoms with Crippen LogP contribution in [0.3, 0.4) is 0 Å². The zero-order valence-corrected chi connectivity index (χ0v) is 15.3. The van der Waals surface area contributed by atoms with Crippen LogP contribution in [0.2, 0.25) is 5.02 Å². The summed E-state index contributed by atoms with van der Waals surface area (Å²) in [6.07, 6.45) is 1.63. The van der Waals surface area contributed by atoms with E-state index in [1.165, 1.54) is 0 Å². The second-order valence-electron chi connectivity index (χ2n) is 6.53. The number of aromatic nitrogens is 1. The van der Waals surface area contributed by atoms with Crippen LogP contribution in [0.15, 0.2) is 36.4 Å². The first-order valence-electron chi connectivity index (χ1n) is 8.54. The van der Waals surface area contributed by atoms with Crippen LogP contribution >= 0.6 is 11.6 Å². The summed E-state index contributed by atoms with van der Waals surface area (Å²) in [6.45, 7) is 3.50. The molecule has 1 N–H and O–H groups in total. The topological polar surface area (TPSA) is 75.0 Å². The maximum atomic E-state index is 12.6. The SMILES string of the molecule is Cc1nc(C(=O)NCC2(c3cccc(Cl)c3)CCOCC2)ccc1C#N. The number of nitriles is 1. The van der Waals surface area contributed by atoms with Crippen molar-refractivity contribution in [1.82, 2.24) is 10.3 Å². The number of ether oxygens (including phenoxy) is 1. The largest absolute Gasteiger partial charge is 0.381 e. The van der Waals surface area contributed by atoms with E-state index in [4.69, 9.17) is 21.6 Å². The van der Waals surface area contributed by atoms with Crippen molar-refractivity contribution in [1.29, 1.82) is 5.26 Å². The maximum absolute atomic E-state index is 12.6. The number of carbonyl (C=O) groups is 1. The molecule has 2 heterocycles. The van der Waals surface area contributed by atoms with Gasteiger partial charge in [0.05, 0.1) is 11.3 Å². The summed E-state index contributed by atoms with van der Waals surface area (Å²) in [4.78, 5) is 16.8. The number of hydrogen-bond donors (Lipinski definition) is 1. The van der Waals surface area contributed by atoms with Gasteiger partial charge in [0.2, 0.25) is 0 Å². The minimum absolute atomic E-state index is 0.208. The van der Waals surface area contributed by atoms with Crippen molar-refractivity contribution in [2.75, 3.05) is 19.8 Å². The van der Waals surface area contributed by atoms with Crippen molar-refractivity contribution in [3.05, 3.63) is 63.9 Å². The Morgan fingerprint density at radius 2 is 2.12 bits per heavy atom. The fourth-order valence-electron chi connectivity index (χ4n) is 3.29. The van der Waals surface area contributed by atoms with E-state index < -0.39 is 0 Å². The zero-order valence-electron chi connectivity index (χ0n) is 14.6. The molecule has 1 aliphatic heterocycles. The van der Waals surface area contributed by atoms with Gasteiger partial charge in [-0.1, -0.05) is 23.7 Å². The van der Waals surface area contributed by atoms with Gasteiger partial charge in [-0.3, -0.25) is 4.79 Å². The molecule has 6 heteroatoms. The Hall–Kier alpha value is -2.42. The highest BCUT2D eigenvalue weighted by molar-refractivity contribution is 6.30. The van der Waals surface area contributed by atoms with Crippen LogP contribution in [-0.2, 0) is 10.2 Å². The maximum Gasteiger partial charge on any atom is 0.269 e. The first-order valence-corrected chi connectivity index (χ1v) is 8.92. The fourth-order valence-corrected chi connectivity index (χ4v) is 3.48. The van der Waals surface area contributed by atoms with E-state index in [9.17, 15) is 4.79 Å². The third-order valence-corrected chi connectivity index (χ3v) is 5.15. The van der Waals surface area contributed by atoms with Crippen molar-refractivity contribution in [3.8, 4) is 6.07 Å². The Labute approximate surface area is 158 Å². The zero-order chi connectivity index (χ0) is 18.6. The number of nitrogens with one attached hydrogen (secondary N) is 1. The number of pyridine rings is 1. The molecule has 3 rings (SSSR count). The Balaban J connectivity index is 1.79. The van der Waals surface area contributed by atoms with Crippen molar-refractivity contribution < 1.29 is 9.53 Å². The lowest BCUT2D eigenvalue weighted by Gasteiger charge is -2.38. The first kappa shape index (κ1) is 18.4. The highest BCUT2D eigenvalue weighted by Crippen LogP contribution is 2.35. The third-order valence-electron chi connectivity index (χ3n) is 4.91. The molecule has 2 aromatic rings. The normalized spacial score (nSPS) is 15.9. The predicted octanol–water partition coefficient (Wildman–Crippen LogP) is 3.39. The minimum atomic E-state index is -0.245. The van der Waals surface area contributed by atoms with Gasteiger partial charge in [0.1, 0.15) is 11.8 Å². The van der Waals surface area contributed by atoms with Gasteiger partial charge in [0.15, 0.2) is 0 Å². The number of nitrogens with zero attached hydrogens (tertiary/aromatic N) is 2. The molecule has 0 unspecified atom stereocenters. The lowest BCUT2D eigenvalue weighted by molar-refractivity contribution is 0.0486. The molecule has 1 fully saturated rings. The molecule has 1 saturated heterocycles. The van der Waals surface area contributed by atoms with Crippen molar-refractivity contribution >= 4 is 17.5 Å². The van der Waals surface area contributed by atoms with Gasteiger partial charge in [-0.25, -0.2) is 4.98 Å². The van der Waals surface area contributed by atoms with Gasteiger partial charge >= 0.3 is 0 Å². The molecule has 0 bridgehead atoms. The number of amides is 1. The average Bonchev–Trinajstić information content (AvgIpc) is 2.67. The molecule has 0 spiro atoms. The molecular formula is C20H20ClN3O2. The molecule has 0 saturated carbocycles. The van der Waals surface area contributed by atoms with Crippen molar-refractivity contribution in [3.63, 3.8) is 0 Å². The van der Waals surface area contributed by atoms with E-state index in [1.54, 1.807) is 19.1 Å². The van der Waals surface area contributed by atoms with E-state index in [0.29, 0.717) is 41.7 Å². The molecule has 0 aliphatic carbocycles. The number of halogens is 1. The monoisotopic (exact) mass is 369 g/mol. The van der Waals surface area contributed by atoms with Crippen LogP contribution < -0.4 is 5.32 Å². The first-order chi connectivity index (χ1) is 12.5. The van der Waals surface area contributed by atoms with Crippen LogP contribution in [0.1, 0.15) is 40.2 Å². The predicted molar refractivity (Wildman–Crippen MR) is 99.2 cm³/mol. The molecular weight excluding hydrogens is 350 g/mol. The summed E-state index contributed by atoms with van der Waals surface area (Å²) in [7, 11) is 0. The smallest absolute Gasteiger partial charge is 0.269 e. The van der Waals surface area contributed by atoms with E-state index >= 15 is 0 Å².